The van der Waals surface area contributed by atoms with Gasteiger partial charge in [-0.1, -0.05) is 12.7 Å². The van der Waals surface area contributed by atoms with Crippen molar-refractivity contribution in [1.29, 1.82) is 5.26 Å². The van der Waals surface area contributed by atoms with E-state index in [-0.39, 0.29) is 18.1 Å². The summed E-state index contributed by atoms with van der Waals surface area (Å²) in [6.45, 7) is 10.7. The second-order valence-corrected chi connectivity index (χ2v) is 8.16. The standard InChI is InChI=1S/C23H31N5O2/c1-5-10-25-22-17(3)20(7-6-18(22)13-24)28-14-16(2)30-21(15-28)23(29)26-19-8-11-27(4)12-9-19/h5-7,10,16,19,21H,1,8-9,11-12,14-15H2,2-4H3,(H,26,29)/t16-,21-/m1/s1. The molecule has 0 spiro atoms. The Morgan fingerprint density at radius 1 is 1.37 bits per heavy atom. The number of rotatable bonds is 5. The maximum Gasteiger partial charge on any atom is 0.251 e. The van der Waals surface area contributed by atoms with Gasteiger partial charge in [-0.15, -0.1) is 0 Å². The minimum atomic E-state index is -0.524. The molecule has 0 aromatic heterocycles. The third-order valence-electron chi connectivity index (χ3n) is 5.79. The summed E-state index contributed by atoms with van der Waals surface area (Å²) in [5.41, 5.74) is 3.04. The molecule has 2 heterocycles. The number of nitriles is 1. The zero-order valence-electron chi connectivity index (χ0n) is 18.1. The molecular weight excluding hydrogens is 378 g/mol. The fourth-order valence-electron chi connectivity index (χ4n) is 4.16. The van der Waals surface area contributed by atoms with Gasteiger partial charge >= 0.3 is 0 Å². The van der Waals surface area contributed by atoms with Gasteiger partial charge < -0.3 is 19.9 Å². The molecule has 7 nitrogen and oxygen atoms in total. The number of amides is 1. The number of hydrogen-bond acceptors (Lipinski definition) is 6. The van der Waals surface area contributed by atoms with Crippen LogP contribution in [0.3, 0.4) is 0 Å². The van der Waals surface area contributed by atoms with Crippen LogP contribution in [0.1, 0.15) is 30.9 Å². The molecule has 30 heavy (non-hydrogen) atoms. The van der Waals surface area contributed by atoms with E-state index in [1.54, 1.807) is 18.4 Å². The van der Waals surface area contributed by atoms with E-state index in [0.29, 0.717) is 24.3 Å². The summed E-state index contributed by atoms with van der Waals surface area (Å²) in [7, 11) is 2.11. The monoisotopic (exact) mass is 409 g/mol. The first-order valence-corrected chi connectivity index (χ1v) is 10.5. The predicted octanol–water partition coefficient (Wildman–Crippen LogP) is 2.56. The van der Waals surface area contributed by atoms with Gasteiger partial charge in [-0.05, 0) is 64.5 Å². The van der Waals surface area contributed by atoms with Crippen molar-refractivity contribution in [3.05, 3.63) is 35.9 Å². The molecule has 2 aliphatic heterocycles. The van der Waals surface area contributed by atoms with Crippen molar-refractivity contribution in [3.63, 3.8) is 0 Å². The van der Waals surface area contributed by atoms with Gasteiger partial charge in [-0.25, -0.2) is 0 Å². The zero-order valence-corrected chi connectivity index (χ0v) is 18.1. The van der Waals surface area contributed by atoms with E-state index in [9.17, 15) is 10.1 Å². The molecule has 2 aliphatic rings. The van der Waals surface area contributed by atoms with Gasteiger partial charge in [0.05, 0.1) is 23.9 Å². The lowest BCUT2D eigenvalue weighted by molar-refractivity contribution is -0.138. The summed E-state index contributed by atoms with van der Waals surface area (Å²) in [6.07, 6.45) is 4.51. The summed E-state index contributed by atoms with van der Waals surface area (Å²) in [6, 6.07) is 6.13. The Bertz CT molecular complexity index is 852. The van der Waals surface area contributed by atoms with E-state index in [0.717, 1.165) is 37.2 Å². The van der Waals surface area contributed by atoms with Gasteiger partial charge in [0.15, 0.2) is 6.10 Å². The number of hydrogen-bond donors (Lipinski definition) is 1. The first-order chi connectivity index (χ1) is 14.4. The quantitative estimate of drug-likeness (QED) is 0.756. The molecule has 0 saturated carbocycles. The molecule has 160 valence electrons. The summed E-state index contributed by atoms with van der Waals surface area (Å²) < 4.78 is 5.98. The number of nitrogens with one attached hydrogen (secondary N) is 1. The summed E-state index contributed by atoms with van der Waals surface area (Å²) in [5.74, 6) is -0.0442. The van der Waals surface area contributed by atoms with Crippen molar-refractivity contribution in [2.75, 3.05) is 38.1 Å². The lowest BCUT2D eigenvalue weighted by Gasteiger charge is -2.39. The van der Waals surface area contributed by atoms with Gasteiger partial charge in [-0.3, -0.25) is 9.79 Å². The Hall–Kier alpha value is -2.69. The van der Waals surface area contributed by atoms with Crippen molar-refractivity contribution >= 4 is 23.5 Å². The van der Waals surface area contributed by atoms with E-state index >= 15 is 0 Å². The number of carbonyl (C=O) groups is 1. The van der Waals surface area contributed by atoms with Crippen LogP contribution in [-0.4, -0.2) is 68.5 Å². The minimum absolute atomic E-state index is 0.0442. The number of nitrogens with zero attached hydrogens (tertiary/aromatic N) is 4. The highest BCUT2D eigenvalue weighted by Crippen LogP contribution is 2.33. The second-order valence-electron chi connectivity index (χ2n) is 8.16. The van der Waals surface area contributed by atoms with Crippen LogP contribution in [-0.2, 0) is 9.53 Å². The van der Waals surface area contributed by atoms with Crippen LogP contribution in [0.4, 0.5) is 11.4 Å². The Labute approximate surface area is 179 Å². The van der Waals surface area contributed by atoms with Crippen LogP contribution in [0, 0.1) is 18.3 Å². The number of likely N-dealkylation sites (tertiary alicyclic amines) is 1. The first-order valence-electron chi connectivity index (χ1n) is 10.5. The Morgan fingerprint density at radius 2 is 2.10 bits per heavy atom. The molecule has 7 heteroatoms. The first kappa shape index (κ1) is 22.0. The number of piperidine rings is 1. The maximum absolute atomic E-state index is 12.9. The van der Waals surface area contributed by atoms with E-state index in [4.69, 9.17) is 4.74 Å². The lowest BCUT2D eigenvalue weighted by Crippen LogP contribution is -2.55. The van der Waals surface area contributed by atoms with Crippen LogP contribution in [0.5, 0.6) is 0 Å². The molecule has 2 fully saturated rings. The number of morpholine rings is 1. The van der Waals surface area contributed by atoms with Gasteiger partial charge in [0, 0.05) is 24.5 Å². The van der Waals surface area contributed by atoms with Crippen molar-refractivity contribution in [3.8, 4) is 6.07 Å². The highest BCUT2D eigenvalue weighted by molar-refractivity contribution is 5.83. The van der Waals surface area contributed by atoms with E-state index in [1.807, 2.05) is 19.9 Å². The number of benzene rings is 1. The van der Waals surface area contributed by atoms with E-state index in [1.165, 1.54) is 0 Å². The van der Waals surface area contributed by atoms with E-state index < -0.39 is 6.10 Å². The largest absolute Gasteiger partial charge is 0.366 e. The Morgan fingerprint density at radius 3 is 2.77 bits per heavy atom. The van der Waals surface area contributed by atoms with Crippen LogP contribution < -0.4 is 10.2 Å². The molecule has 1 N–H and O–H groups in total. The van der Waals surface area contributed by atoms with Gasteiger partial charge in [-0.2, -0.15) is 5.26 Å². The normalized spacial score (nSPS) is 23.3. The Balaban J connectivity index is 1.77. The van der Waals surface area contributed by atoms with Crippen molar-refractivity contribution in [1.82, 2.24) is 10.2 Å². The highest BCUT2D eigenvalue weighted by Gasteiger charge is 2.33. The molecule has 2 atom stereocenters. The molecule has 2 saturated heterocycles. The molecule has 3 rings (SSSR count). The summed E-state index contributed by atoms with van der Waals surface area (Å²) in [5, 5.41) is 12.6. The summed E-state index contributed by atoms with van der Waals surface area (Å²) >= 11 is 0. The number of ether oxygens (including phenoxy) is 1. The molecular formula is C23H31N5O2. The molecule has 0 bridgehead atoms. The van der Waals surface area contributed by atoms with Crippen molar-refractivity contribution in [2.24, 2.45) is 4.99 Å². The van der Waals surface area contributed by atoms with Crippen molar-refractivity contribution < 1.29 is 9.53 Å². The molecule has 0 aliphatic carbocycles. The van der Waals surface area contributed by atoms with Crippen LogP contribution in [0.2, 0.25) is 0 Å². The smallest absolute Gasteiger partial charge is 0.251 e. The molecule has 1 aromatic carbocycles. The predicted molar refractivity (Wildman–Crippen MR) is 119 cm³/mol. The number of aliphatic imine (C=N–C) groups is 1. The lowest BCUT2D eigenvalue weighted by atomic mass is 10.0. The van der Waals surface area contributed by atoms with Gasteiger partial charge in [0.1, 0.15) is 6.07 Å². The third kappa shape index (κ3) is 5.07. The zero-order chi connectivity index (χ0) is 21.7. The minimum Gasteiger partial charge on any atom is -0.366 e. The SMILES string of the molecule is C=CC=Nc1c(C#N)ccc(N2C[C@@H](C)O[C@@H](C(=O)NC3CCN(C)CC3)C2)c1C. The second kappa shape index (κ2) is 9.88. The van der Waals surface area contributed by atoms with E-state index in [2.05, 4.69) is 39.8 Å². The molecule has 1 aromatic rings. The van der Waals surface area contributed by atoms with Gasteiger partial charge in [0.25, 0.3) is 5.91 Å². The molecule has 0 unspecified atom stereocenters. The average Bonchev–Trinajstić information content (AvgIpc) is 2.73. The van der Waals surface area contributed by atoms with Crippen LogP contribution in [0.25, 0.3) is 0 Å². The highest BCUT2D eigenvalue weighted by atomic mass is 16.5. The fraction of sp³-hybridized carbons (Fsp3) is 0.522. The average molecular weight is 410 g/mol. The summed E-state index contributed by atoms with van der Waals surface area (Å²) in [4.78, 5) is 21.8. The topological polar surface area (TPSA) is 81.0 Å². The van der Waals surface area contributed by atoms with Crippen LogP contribution >= 0.6 is 0 Å². The third-order valence-corrected chi connectivity index (χ3v) is 5.79. The number of allylic oxidation sites excluding steroid dienone is 1. The van der Waals surface area contributed by atoms with Crippen molar-refractivity contribution in [2.45, 2.75) is 44.9 Å². The maximum atomic E-state index is 12.9. The molecule has 0 radical (unpaired) electrons. The fourth-order valence-corrected chi connectivity index (χ4v) is 4.16. The van der Waals surface area contributed by atoms with Gasteiger partial charge in [0.2, 0.25) is 0 Å². The van der Waals surface area contributed by atoms with Crippen LogP contribution in [0.15, 0.2) is 29.8 Å². The Kier molecular flexibility index (Phi) is 7.24. The number of anilines is 1. The molecule has 1 amide bonds. The number of carbonyl (C=O) groups excluding carboxylic acids is 1.